The molecule has 1 aromatic carbocycles. The number of unbranched alkanes of at least 4 members (excludes halogenated alkanes) is 1. The SMILES string of the molecule is CCCC[C@H](NC(=O)CN1CSCC1=O)C(=O)Nc1cccc(N2CCCC2)c1. The van der Waals surface area contributed by atoms with Crippen LogP contribution in [0.4, 0.5) is 11.4 Å². The number of amides is 3. The molecule has 0 aromatic heterocycles. The predicted octanol–water partition coefficient (Wildman–Crippen LogP) is 2.43. The lowest BCUT2D eigenvalue weighted by Crippen LogP contribution is -2.47. The third-order valence-electron chi connectivity index (χ3n) is 5.24. The van der Waals surface area contributed by atoms with Crippen LogP contribution in [0, 0.1) is 0 Å². The summed E-state index contributed by atoms with van der Waals surface area (Å²) in [6.07, 6.45) is 4.73. The first-order valence-corrected chi connectivity index (χ1v) is 11.5. The number of hydrogen-bond donors (Lipinski definition) is 2. The van der Waals surface area contributed by atoms with Crippen LogP contribution in [0.3, 0.4) is 0 Å². The van der Waals surface area contributed by atoms with Crippen molar-refractivity contribution in [2.45, 2.75) is 45.1 Å². The summed E-state index contributed by atoms with van der Waals surface area (Å²) >= 11 is 1.50. The molecule has 0 bridgehead atoms. The zero-order valence-corrected chi connectivity index (χ0v) is 17.8. The van der Waals surface area contributed by atoms with Gasteiger partial charge in [0.05, 0.1) is 11.6 Å². The van der Waals surface area contributed by atoms with E-state index in [1.54, 1.807) is 0 Å². The number of nitrogens with one attached hydrogen (secondary N) is 2. The van der Waals surface area contributed by atoms with Crippen molar-refractivity contribution in [1.82, 2.24) is 10.2 Å². The lowest BCUT2D eigenvalue weighted by Gasteiger charge is -2.22. The Bertz CT molecular complexity index is 736. The first kappa shape index (κ1) is 21.5. The maximum absolute atomic E-state index is 12.9. The number of benzene rings is 1. The number of carbonyl (C=O) groups is 3. The van der Waals surface area contributed by atoms with Crippen LogP contribution in [0.1, 0.15) is 39.0 Å². The van der Waals surface area contributed by atoms with Crippen LogP contribution in [0.25, 0.3) is 0 Å². The Labute approximate surface area is 176 Å². The Hall–Kier alpha value is -2.22. The highest BCUT2D eigenvalue weighted by Gasteiger charge is 2.26. The molecule has 2 N–H and O–H groups in total. The van der Waals surface area contributed by atoms with Crippen LogP contribution in [-0.4, -0.2) is 59.9 Å². The average molecular weight is 419 g/mol. The van der Waals surface area contributed by atoms with E-state index in [0.29, 0.717) is 18.1 Å². The third-order valence-corrected chi connectivity index (χ3v) is 6.19. The zero-order chi connectivity index (χ0) is 20.6. The number of hydrogen-bond acceptors (Lipinski definition) is 5. The zero-order valence-electron chi connectivity index (χ0n) is 17.0. The Morgan fingerprint density at radius 2 is 2.03 bits per heavy atom. The lowest BCUT2D eigenvalue weighted by atomic mass is 10.1. The van der Waals surface area contributed by atoms with Gasteiger partial charge in [-0.15, -0.1) is 11.8 Å². The fourth-order valence-electron chi connectivity index (χ4n) is 3.62. The van der Waals surface area contributed by atoms with Crippen molar-refractivity contribution in [2.24, 2.45) is 0 Å². The molecular formula is C21H30N4O3S. The van der Waals surface area contributed by atoms with Gasteiger partial charge in [-0.25, -0.2) is 0 Å². The van der Waals surface area contributed by atoms with Gasteiger partial charge in [-0.3, -0.25) is 14.4 Å². The molecule has 3 rings (SSSR count). The van der Waals surface area contributed by atoms with Crippen LogP contribution in [0.2, 0.25) is 0 Å². The molecule has 2 heterocycles. The molecule has 29 heavy (non-hydrogen) atoms. The van der Waals surface area contributed by atoms with Gasteiger partial charge >= 0.3 is 0 Å². The van der Waals surface area contributed by atoms with Crippen LogP contribution < -0.4 is 15.5 Å². The minimum absolute atomic E-state index is 0.00613. The van der Waals surface area contributed by atoms with Gasteiger partial charge in [0.15, 0.2) is 0 Å². The van der Waals surface area contributed by atoms with Gasteiger partial charge in [-0.1, -0.05) is 25.8 Å². The Kier molecular flexibility index (Phi) is 7.80. The summed E-state index contributed by atoms with van der Waals surface area (Å²) in [5.74, 6) is 0.413. The lowest BCUT2D eigenvalue weighted by molar-refractivity contribution is -0.133. The molecule has 1 atom stereocenters. The van der Waals surface area contributed by atoms with E-state index in [-0.39, 0.29) is 24.3 Å². The highest BCUT2D eigenvalue weighted by molar-refractivity contribution is 8.00. The molecule has 0 aliphatic carbocycles. The summed E-state index contributed by atoms with van der Waals surface area (Å²) in [7, 11) is 0. The smallest absolute Gasteiger partial charge is 0.246 e. The quantitative estimate of drug-likeness (QED) is 0.644. The molecule has 8 heteroatoms. The Morgan fingerprint density at radius 3 is 2.72 bits per heavy atom. The van der Waals surface area contributed by atoms with Crippen molar-refractivity contribution in [3.63, 3.8) is 0 Å². The number of thioether (sulfide) groups is 1. The second-order valence-electron chi connectivity index (χ2n) is 7.57. The van der Waals surface area contributed by atoms with E-state index in [0.717, 1.165) is 37.3 Å². The fourth-order valence-corrected chi connectivity index (χ4v) is 4.52. The highest BCUT2D eigenvalue weighted by Crippen LogP contribution is 2.23. The van der Waals surface area contributed by atoms with Crippen molar-refractivity contribution in [1.29, 1.82) is 0 Å². The maximum Gasteiger partial charge on any atom is 0.246 e. The van der Waals surface area contributed by atoms with Crippen molar-refractivity contribution in [3.05, 3.63) is 24.3 Å². The summed E-state index contributed by atoms with van der Waals surface area (Å²) < 4.78 is 0. The van der Waals surface area contributed by atoms with Gasteiger partial charge in [0.1, 0.15) is 12.6 Å². The topological polar surface area (TPSA) is 81.8 Å². The molecule has 1 aromatic rings. The van der Waals surface area contributed by atoms with Gasteiger partial charge in [-0.2, -0.15) is 0 Å². The van der Waals surface area contributed by atoms with Gasteiger partial charge < -0.3 is 20.4 Å². The third kappa shape index (κ3) is 6.13. The minimum Gasteiger partial charge on any atom is -0.371 e. The molecule has 158 valence electrons. The van der Waals surface area contributed by atoms with E-state index >= 15 is 0 Å². The van der Waals surface area contributed by atoms with Gasteiger partial charge in [0.25, 0.3) is 0 Å². The highest BCUT2D eigenvalue weighted by atomic mass is 32.2. The van der Waals surface area contributed by atoms with Crippen molar-refractivity contribution < 1.29 is 14.4 Å². The van der Waals surface area contributed by atoms with E-state index in [4.69, 9.17) is 0 Å². The average Bonchev–Trinajstić information content (AvgIpc) is 3.38. The minimum atomic E-state index is -0.608. The van der Waals surface area contributed by atoms with E-state index < -0.39 is 6.04 Å². The molecule has 0 unspecified atom stereocenters. The molecule has 2 aliphatic heterocycles. The number of carbonyl (C=O) groups excluding carboxylic acids is 3. The first-order valence-electron chi connectivity index (χ1n) is 10.4. The number of anilines is 2. The molecule has 0 spiro atoms. The summed E-state index contributed by atoms with van der Waals surface area (Å²) in [4.78, 5) is 40.8. The second-order valence-corrected chi connectivity index (χ2v) is 8.52. The molecular weight excluding hydrogens is 388 g/mol. The summed E-state index contributed by atoms with van der Waals surface area (Å²) in [6, 6.07) is 7.25. The van der Waals surface area contributed by atoms with Crippen LogP contribution in [-0.2, 0) is 14.4 Å². The van der Waals surface area contributed by atoms with E-state index in [9.17, 15) is 14.4 Å². The Morgan fingerprint density at radius 1 is 1.24 bits per heavy atom. The summed E-state index contributed by atoms with van der Waals surface area (Å²) in [6.45, 7) is 4.14. The maximum atomic E-state index is 12.9. The molecule has 2 saturated heterocycles. The van der Waals surface area contributed by atoms with Gasteiger partial charge in [0, 0.05) is 24.5 Å². The fraction of sp³-hybridized carbons (Fsp3) is 0.571. The van der Waals surface area contributed by atoms with Crippen molar-refractivity contribution >= 4 is 40.9 Å². The van der Waals surface area contributed by atoms with E-state index in [2.05, 4.69) is 28.5 Å². The second kappa shape index (κ2) is 10.5. The van der Waals surface area contributed by atoms with Crippen molar-refractivity contribution in [2.75, 3.05) is 41.5 Å². The Balaban J connectivity index is 1.60. The summed E-state index contributed by atoms with van der Waals surface area (Å²) in [5, 5.41) is 5.78. The summed E-state index contributed by atoms with van der Waals surface area (Å²) in [5.41, 5.74) is 1.85. The standard InChI is InChI=1S/C21H30N4O3S/c1-2-3-9-18(23-19(26)13-25-15-29-14-20(25)27)21(28)22-16-7-6-8-17(12-16)24-10-4-5-11-24/h6-8,12,18H,2-5,9-11,13-15H2,1H3,(H,22,28)(H,23,26)/t18-/m0/s1. The molecule has 3 amide bonds. The monoisotopic (exact) mass is 418 g/mol. The largest absolute Gasteiger partial charge is 0.371 e. The molecule has 2 aliphatic rings. The van der Waals surface area contributed by atoms with Crippen LogP contribution in [0.5, 0.6) is 0 Å². The molecule has 0 saturated carbocycles. The normalized spacial score (nSPS) is 17.5. The number of rotatable bonds is 9. The van der Waals surface area contributed by atoms with Crippen LogP contribution >= 0.6 is 11.8 Å². The predicted molar refractivity (Wildman–Crippen MR) is 117 cm³/mol. The molecule has 0 radical (unpaired) electrons. The van der Waals surface area contributed by atoms with Crippen LogP contribution in [0.15, 0.2) is 24.3 Å². The van der Waals surface area contributed by atoms with Gasteiger partial charge in [-0.05, 0) is 37.5 Å². The van der Waals surface area contributed by atoms with E-state index in [1.165, 1.54) is 29.5 Å². The number of nitrogens with zero attached hydrogens (tertiary/aromatic N) is 2. The van der Waals surface area contributed by atoms with Gasteiger partial charge in [0.2, 0.25) is 17.7 Å². The first-order chi connectivity index (χ1) is 14.1. The van der Waals surface area contributed by atoms with Crippen molar-refractivity contribution in [3.8, 4) is 0 Å². The molecule has 7 nitrogen and oxygen atoms in total. The molecule has 2 fully saturated rings. The van der Waals surface area contributed by atoms with E-state index in [1.807, 2.05) is 18.2 Å².